The van der Waals surface area contributed by atoms with E-state index in [9.17, 15) is 24.3 Å². The van der Waals surface area contributed by atoms with Crippen LogP contribution < -0.4 is 5.43 Å². The monoisotopic (exact) mass is 589 g/mol. The molecule has 2 fully saturated rings. The van der Waals surface area contributed by atoms with Crippen LogP contribution in [0.15, 0.2) is 33.5 Å². The Kier molecular flexibility index (Phi) is 6.50. The Bertz CT molecular complexity index is 1810. The average Bonchev–Trinajstić information content (AvgIpc) is 3.55. The molecule has 1 aromatic heterocycles. The Hall–Kier alpha value is -3.86. The van der Waals surface area contributed by atoms with Crippen molar-refractivity contribution >= 4 is 28.5 Å². The van der Waals surface area contributed by atoms with Crippen molar-refractivity contribution in [1.29, 1.82) is 0 Å². The zero-order chi connectivity index (χ0) is 31.3. The molecule has 2 aliphatic heterocycles. The average molecular weight is 590 g/mol. The molecule has 0 spiro atoms. The van der Waals surface area contributed by atoms with Gasteiger partial charge in [-0.25, -0.2) is 0 Å². The molecule has 0 radical (unpaired) electrons. The fraction of sp³-hybridized carbons (Fsp3) is 0.455. The third-order valence-electron chi connectivity index (χ3n) is 9.66. The molecule has 6 rings (SSSR count). The second-order valence-corrected chi connectivity index (χ2v) is 12.6. The van der Waals surface area contributed by atoms with Crippen molar-refractivity contribution in [3.8, 4) is 5.75 Å². The lowest BCUT2D eigenvalue weighted by Gasteiger charge is -2.50. The molecule has 3 heterocycles. The van der Waals surface area contributed by atoms with Crippen molar-refractivity contribution < 1.29 is 38.1 Å². The number of hydrogen-bond acceptors (Lipinski definition) is 10. The van der Waals surface area contributed by atoms with Crippen LogP contribution in [-0.4, -0.2) is 65.5 Å². The third kappa shape index (κ3) is 4.18. The summed E-state index contributed by atoms with van der Waals surface area (Å²) >= 11 is 0. The van der Waals surface area contributed by atoms with Crippen LogP contribution >= 0.6 is 0 Å². The van der Waals surface area contributed by atoms with Crippen LogP contribution in [0.2, 0.25) is 0 Å². The molecule has 2 saturated heterocycles. The first kappa shape index (κ1) is 29.2. The summed E-state index contributed by atoms with van der Waals surface area (Å²) in [6.45, 7) is 10.4. The summed E-state index contributed by atoms with van der Waals surface area (Å²) in [4.78, 5) is 55.2. The van der Waals surface area contributed by atoms with E-state index in [4.69, 9.17) is 18.6 Å². The number of ketones is 2. The summed E-state index contributed by atoms with van der Waals surface area (Å²) in [5.74, 6) is -1.62. The van der Waals surface area contributed by atoms with Gasteiger partial charge in [0, 0.05) is 29.7 Å². The van der Waals surface area contributed by atoms with E-state index in [2.05, 4.69) is 0 Å². The molecule has 0 unspecified atom stereocenters. The topological polar surface area (TPSA) is 136 Å². The Morgan fingerprint density at radius 1 is 1.05 bits per heavy atom. The van der Waals surface area contributed by atoms with E-state index < -0.39 is 47.0 Å². The minimum absolute atomic E-state index is 0.00201. The fourth-order valence-electron chi connectivity index (χ4n) is 6.72. The Morgan fingerprint density at radius 2 is 1.72 bits per heavy atom. The lowest BCUT2D eigenvalue weighted by molar-refractivity contribution is -0.201. The Morgan fingerprint density at radius 3 is 2.33 bits per heavy atom. The molecular formula is C33H35NO9. The van der Waals surface area contributed by atoms with Crippen molar-refractivity contribution in [2.24, 2.45) is 0 Å². The van der Waals surface area contributed by atoms with Gasteiger partial charge in [-0.15, -0.1) is 0 Å². The van der Waals surface area contributed by atoms with Crippen LogP contribution in [-0.2, 0) is 24.6 Å². The number of aromatic hydroxyl groups is 1. The van der Waals surface area contributed by atoms with E-state index in [0.717, 1.165) is 0 Å². The number of phenols is 1. The summed E-state index contributed by atoms with van der Waals surface area (Å²) in [6.07, 6.45) is -1.68. The number of ether oxygens (including phenoxy) is 3. The van der Waals surface area contributed by atoms with Gasteiger partial charge in [-0.05, 0) is 72.8 Å². The van der Waals surface area contributed by atoms with Crippen molar-refractivity contribution in [2.45, 2.75) is 83.5 Å². The summed E-state index contributed by atoms with van der Waals surface area (Å²) in [7, 11) is 3.75. The van der Waals surface area contributed by atoms with Crippen molar-refractivity contribution in [3.05, 3.63) is 73.6 Å². The molecule has 10 heteroatoms. The highest BCUT2D eigenvalue weighted by atomic mass is 16.6. The van der Waals surface area contributed by atoms with E-state index in [1.165, 1.54) is 25.1 Å². The highest BCUT2D eigenvalue weighted by Crippen LogP contribution is 2.48. The number of epoxide rings is 1. The van der Waals surface area contributed by atoms with Gasteiger partial charge >= 0.3 is 5.97 Å². The normalized spacial score (nSPS) is 29.9. The standard InChI is InChI=1S/C33H35NO9/c1-14-11-20-26(30-24(14)21(36)12-23(42-30)33(6)16(3)43-33)29(39)25-19(27(20)37)10-9-18(28(25)38)22-13-32(5,34(7)8)31(15(2)40-22)41-17(4)35/h9-12,15-16,22,31,38H,13H2,1-8H3/t15-,16+,22-,31-,32+,33-/m0/s1. The second kappa shape index (κ2) is 9.57. The minimum atomic E-state index is -0.822. The summed E-state index contributed by atoms with van der Waals surface area (Å²) in [5, 5.41) is 11.8. The van der Waals surface area contributed by atoms with Crippen molar-refractivity contribution in [2.75, 3.05) is 14.1 Å². The molecule has 10 nitrogen and oxygen atoms in total. The molecule has 2 aromatic carbocycles. The van der Waals surface area contributed by atoms with Crippen molar-refractivity contribution in [1.82, 2.24) is 4.90 Å². The van der Waals surface area contributed by atoms with Gasteiger partial charge in [0.25, 0.3) is 0 Å². The first-order valence-corrected chi connectivity index (χ1v) is 14.3. The molecule has 6 atom stereocenters. The number of carbonyl (C=O) groups excluding carboxylic acids is 3. The first-order valence-electron chi connectivity index (χ1n) is 14.3. The molecule has 226 valence electrons. The molecule has 3 aromatic rings. The molecular weight excluding hydrogens is 554 g/mol. The van der Waals surface area contributed by atoms with E-state index in [1.807, 2.05) is 32.8 Å². The van der Waals surface area contributed by atoms with Crippen LogP contribution in [0.1, 0.15) is 95.9 Å². The van der Waals surface area contributed by atoms with Gasteiger partial charge in [0.05, 0.1) is 40.4 Å². The molecule has 3 aliphatic rings. The van der Waals surface area contributed by atoms with E-state index in [0.29, 0.717) is 17.5 Å². The van der Waals surface area contributed by atoms with Crippen LogP contribution in [0.5, 0.6) is 5.75 Å². The number of esters is 1. The lowest BCUT2D eigenvalue weighted by atomic mass is 9.77. The molecule has 0 amide bonds. The predicted molar refractivity (Wildman–Crippen MR) is 156 cm³/mol. The molecule has 43 heavy (non-hydrogen) atoms. The van der Waals surface area contributed by atoms with Crippen LogP contribution in [0, 0.1) is 6.92 Å². The smallest absolute Gasteiger partial charge is 0.303 e. The van der Waals surface area contributed by atoms with E-state index >= 15 is 0 Å². The lowest BCUT2D eigenvalue weighted by Crippen LogP contribution is -2.61. The fourth-order valence-corrected chi connectivity index (χ4v) is 6.72. The van der Waals surface area contributed by atoms with Gasteiger partial charge in [0.15, 0.2) is 11.2 Å². The van der Waals surface area contributed by atoms with Crippen molar-refractivity contribution in [3.63, 3.8) is 0 Å². The van der Waals surface area contributed by atoms with Gasteiger partial charge in [0.2, 0.25) is 5.78 Å². The number of phenolic OH excluding ortho intramolecular Hbond substituents is 1. The maximum Gasteiger partial charge on any atom is 0.303 e. The van der Waals surface area contributed by atoms with Gasteiger partial charge in [-0.2, -0.15) is 0 Å². The SMILES string of the molecule is CC(=O)O[C@H]1[C@H](C)O[C@H](c2ccc3c(c2O)C(=O)c2c(cc(C)c4c(=O)cc([C@@]5(C)O[C@@H]5C)oc24)C3=O)C[C@@]1(C)N(C)C. The highest BCUT2D eigenvalue weighted by molar-refractivity contribution is 6.32. The number of aryl methyl sites for hydroxylation is 1. The minimum Gasteiger partial charge on any atom is -0.507 e. The number of carbonyl (C=O) groups is 3. The van der Waals surface area contributed by atoms with Gasteiger partial charge in [-0.3, -0.25) is 19.2 Å². The largest absolute Gasteiger partial charge is 0.507 e. The third-order valence-corrected chi connectivity index (χ3v) is 9.66. The van der Waals surface area contributed by atoms with Gasteiger partial charge in [-0.1, -0.05) is 6.07 Å². The van der Waals surface area contributed by atoms with Gasteiger partial charge < -0.3 is 28.6 Å². The number of fused-ring (bicyclic) bond motifs is 4. The maximum absolute atomic E-state index is 14.2. The Balaban J connectivity index is 1.49. The van der Waals surface area contributed by atoms with E-state index in [1.54, 1.807) is 26.8 Å². The highest BCUT2D eigenvalue weighted by Gasteiger charge is 2.53. The molecule has 1 N–H and O–H groups in total. The van der Waals surface area contributed by atoms with Crippen LogP contribution in [0.25, 0.3) is 11.0 Å². The number of nitrogens with zero attached hydrogens (tertiary/aromatic N) is 1. The summed E-state index contributed by atoms with van der Waals surface area (Å²) in [5.41, 5.74) is -1.07. The van der Waals surface area contributed by atoms with Crippen LogP contribution in [0.4, 0.5) is 0 Å². The van der Waals surface area contributed by atoms with Gasteiger partial charge in [0.1, 0.15) is 28.8 Å². The second-order valence-electron chi connectivity index (χ2n) is 12.6. The maximum atomic E-state index is 14.2. The number of hydrogen-bond donors (Lipinski definition) is 1. The summed E-state index contributed by atoms with van der Waals surface area (Å²) < 4.78 is 23.8. The van der Waals surface area contributed by atoms with E-state index in [-0.39, 0.29) is 56.3 Å². The quantitative estimate of drug-likeness (QED) is 0.271. The zero-order valence-corrected chi connectivity index (χ0v) is 25.5. The molecule has 0 bridgehead atoms. The number of benzene rings is 2. The number of rotatable bonds is 4. The zero-order valence-electron chi connectivity index (χ0n) is 25.5. The molecule has 0 saturated carbocycles. The molecule has 1 aliphatic carbocycles. The first-order chi connectivity index (χ1) is 20.1. The van der Waals surface area contributed by atoms with Crippen LogP contribution in [0.3, 0.4) is 0 Å². The summed E-state index contributed by atoms with van der Waals surface area (Å²) in [6, 6.07) is 6.03. The Labute approximate surface area is 248 Å². The predicted octanol–water partition coefficient (Wildman–Crippen LogP) is 4.32. The number of likely N-dealkylation sites (N-methyl/N-ethyl adjacent to an activating group) is 1.